The van der Waals surface area contributed by atoms with Crippen molar-refractivity contribution in [2.75, 3.05) is 26.2 Å². The molecule has 0 aliphatic carbocycles. The molecule has 2 aliphatic rings. The van der Waals surface area contributed by atoms with Crippen LogP contribution in [0.15, 0.2) is 17.5 Å². The Hall–Kier alpha value is -1.40. The third-order valence-corrected chi connectivity index (χ3v) is 5.12. The fourth-order valence-electron chi connectivity index (χ4n) is 3.12. The maximum Gasteiger partial charge on any atom is 0.263 e. The molecule has 0 bridgehead atoms. The van der Waals surface area contributed by atoms with E-state index in [1.165, 1.54) is 11.3 Å². The first-order valence-corrected chi connectivity index (χ1v) is 8.33. The zero-order valence-electron chi connectivity index (χ0n) is 11.9. The van der Waals surface area contributed by atoms with Gasteiger partial charge in [-0.25, -0.2) is 0 Å². The summed E-state index contributed by atoms with van der Waals surface area (Å²) in [4.78, 5) is 29.1. The average Bonchev–Trinajstić information content (AvgIpc) is 3.17. The molecule has 2 atom stereocenters. The van der Waals surface area contributed by atoms with E-state index in [0.717, 1.165) is 24.3 Å². The second-order valence-corrected chi connectivity index (χ2v) is 6.74. The molecular formula is C15H20N2O3S. The Morgan fingerprint density at radius 3 is 2.71 bits per heavy atom. The Kier molecular flexibility index (Phi) is 4.26. The molecule has 3 heterocycles. The molecule has 2 fully saturated rings. The van der Waals surface area contributed by atoms with Crippen LogP contribution in [0.5, 0.6) is 0 Å². The van der Waals surface area contributed by atoms with Gasteiger partial charge in [-0.1, -0.05) is 6.07 Å². The first-order valence-electron chi connectivity index (χ1n) is 7.45. The maximum atomic E-state index is 12.5. The molecule has 1 N–H and O–H groups in total. The summed E-state index contributed by atoms with van der Waals surface area (Å²) in [7, 11) is 0. The standard InChI is InChI=1S/C15H20N2O3S/c18-12-5-7-17(10-12)14(19)11-3-1-6-16(9-11)15(20)13-4-2-8-21-13/h2,4,8,11-12,18H,1,3,5-7,9-10H2/t11?,12-/m1/s1. The number of carbonyl (C=O) groups excluding carboxylic acids is 2. The van der Waals surface area contributed by atoms with Crippen molar-refractivity contribution in [3.63, 3.8) is 0 Å². The lowest BCUT2D eigenvalue weighted by Gasteiger charge is -2.33. The number of nitrogens with zero attached hydrogens (tertiary/aromatic N) is 2. The molecule has 5 nitrogen and oxygen atoms in total. The quantitative estimate of drug-likeness (QED) is 0.893. The summed E-state index contributed by atoms with van der Waals surface area (Å²) in [5, 5.41) is 11.4. The highest BCUT2D eigenvalue weighted by molar-refractivity contribution is 7.12. The van der Waals surface area contributed by atoms with Crippen molar-refractivity contribution in [3.8, 4) is 0 Å². The Morgan fingerprint density at radius 2 is 2.05 bits per heavy atom. The van der Waals surface area contributed by atoms with E-state index < -0.39 is 0 Å². The third-order valence-electron chi connectivity index (χ3n) is 4.26. The van der Waals surface area contributed by atoms with Gasteiger partial charge in [0.05, 0.1) is 16.9 Å². The number of carbonyl (C=O) groups is 2. The Morgan fingerprint density at radius 1 is 1.19 bits per heavy atom. The van der Waals surface area contributed by atoms with Gasteiger partial charge in [0.15, 0.2) is 0 Å². The van der Waals surface area contributed by atoms with Gasteiger partial charge in [-0.05, 0) is 30.7 Å². The van der Waals surface area contributed by atoms with Crippen molar-refractivity contribution in [2.45, 2.75) is 25.4 Å². The topological polar surface area (TPSA) is 60.9 Å². The number of likely N-dealkylation sites (tertiary alicyclic amines) is 2. The number of β-amino-alcohol motifs (C(OH)–C–C–N with tert-alkyl or cyclic N) is 1. The van der Waals surface area contributed by atoms with Crippen LogP contribution in [-0.4, -0.2) is 59.0 Å². The molecule has 1 aromatic heterocycles. The van der Waals surface area contributed by atoms with Gasteiger partial charge in [0.2, 0.25) is 5.91 Å². The molecule has 1 unspecified atom stereocenters. The van der Waals surface area contributed by atoms with Crippen LogP contribution < -0.4 is 0 Å². The summed E-state index contributed by atoms with van der Waals surface area (Å²) in [6.07, 6.45) is 1.97. The molecule has 2 aliphatic heterocycles. The molecule has 21 heavy (non-hydrogen) atoms. The van der Waals surface area contributed by atoms with Crippen molar-refractivity contribution >= 4 is 23.2 Å². The lowest BCUT2D eigenvalue weighted by atomic mass is 9.96. The van der Waals surface area contributed by atoms with Crippen LogP contribution in [0.25, 0.3) is 0 Å². The summed E-state index contributed by atoms with van der Waals surface area (Å²) in [5.74, 6) is 0.00662. The van der Waals surface area contributed by atoms with Crippen molar-refractivity contribution in [2.24, 2.45) is 5.92 Å². The van der Waals surface area contributed by atoms with Crippen molar-refractivity contribution < 1.29 is 14.7 Å². The van der Waals surface area contributed by atoms with Gasteiger partial charge in [-0.15, -0.1) is 11.3 Å². The summed E-state index contributed by atoms with van der Waals surface area (Å²) >= 11 is 1.44. The van der Waals surface area contributed by atoms with Gasteiger partial charge in [0, 0.05) is 26.2 Å². The molecule has 3 rings (SSSR count). The Bertz CT molecular complexity index is 517. The molecule has 0 spiro atoms. The fourth-order valence-corrected chi connectivity index (χ4v) is 3.81. The Labute approximate surface area is 128 Å². The average molecular weight is 308 g/mol. The molecule has 0 aromatic carbocycles. The van der Waals surface area contributed by atoms with Crippen molar-refractivity contribution in [3.05, 3.63) is 22.4 Å². The predicted octanol–water partition coefficient (Wildman–Crippen LogP) is 1.19. The van der Waals surface area contributed by atoms with E-state index in [9.17, 15) is 14.7 Å². The molecule has 1 aromatic rings. The van der Waals surface area contributed by atoms with Crippen LogP contribution in [0.2, 0.25) is 0 Å². The number of aliphatic hydroxyl groups excluding tert-OH is 1. The number of amides is 2. The van der Waals surface area contributed by atoms with E-state index in [1.807, 2.05) is 17.5 Å². The lowest BCUT2D eigenvalue weighted by Crippen LogP contribution is -2.46. The molecular weight excluding hydrogens is 288 g/mol. The first kappa shape index (κ1) is 14.5. The van der Waals surface area contributed by atoms with Crippen LogP contribution in [0.4, 0.5) is 0 Å². The van der Waals surface area contributed by atoms with Gasteiger partial charge in [-0.3, -0.25) is 9.59 Å². The number of hydrogen-bond donors (Lipinski definition) is 1. The SMILES string of the molecule is O=C(c1cccs1)N1CCCC(C(=O)N2CC[C@@H](O)C2)C1. The summed E-state index contributed by atoms with van der Waals surface area (Å²) in [6, 6.07) is 3.70. The van der Waals surface area contributed by atoms with E-state index in [1.54, 1.807) is 9.80 Å². The van der Waals surface area contributed by atoms with E-state index in [2.05, 4.69) is 0 Å². The zero-order chi connectivity index (χ0) is 14.8. The predicted molar refractivity (Wildman–Crippen MR) is 80.2 cm³/mol. The highest BCUT2D eigenvalue weighted by Crippen LogP contribution is 2.23. The van der Waals surface area contributed by atoms with Crippen LogP contribution in [0, 0.1) is 5.92 Å². The van der Waals surface area contributed by atoms with Crippen LogP contribution >= 0.6 is 11.3 Å². The smallest absolute Gasteiger partial charge is 0.263 e. The lowest BCUT2D eigenvalue weighted by molar-refractivity contribution is -0.136. The highest BCUT2D eigenvalue weighted by atomic mass is 32.1. The normalized spacial score (nSPS) is 26.1. The number of rotatable bonds is 2. The van der Waals surface area contributed by atoms with Gasteiger partial charge in [0.25, 0.3) is 5.91 Å². The maximum absolute atomic E-state index is 12.5. The van der Waals surface area contributed by atoms with Gasteiger partial charge in [0.1, 0.15) is 0 Å². The number of thiophene rings is 1. The minimum Gasteiger partial charge on any atom is -0.391 e. The number of hydrogen-bond acceptors (Lipinski definition) is 4. The fraction of sp³-hybridized carbons (Fsp3) is 0.600. The second-order valence-electron chi connectivity index (χ2n) is 5.79. The Balaban J connectivity index is 1.63. The second kappa shape index (κ2) is 6.15. The highest BCUT2D eigenvalue weighted by Gasteiger charge is 2.34. The minimum atomic E-state index is -0.388. The van der Waals surface area contributed by atoms with Crippen LogP contribution in [0.1, 0.15) is 28.9 Å². The van der Waals surface area contributed by atoms with Crippen molar-refractivity contribution in [1.29, 1.82) is 0 Å². The van der Waals surface area contributed by atoms with Crippen LogP contribution in [-0.2, 0) is 4.79 Å². The monoisotopic (exact) mass is 308 g/mol. The summed E-state index contributed by atoms with van der Waals surface area (Å²) < 4.78 is 0. The van der Waals surface area contributed by atoms with Gasteiger partial charge >= 0.3 is 0 Å². The van der Waals surface area contributed by atoms with E-state index in [-0.39, 0.29) is 23.8 Å². The number of piperidine rings is 1. The van der Waals surface area contributed by atoms with Gasteiger partial charge in [-0.2, -0.15) is 0 Å². The molecule has 114 valence electrons. The van der Waals surface area contributed by atoms with Gasteiger partial charge < -0.3 is 14.9 Å². The number of aliphatic hydroxyl groups is 1. The molecule has 6 heteroatoms. The molecule has 2 saturated heterocycles. The van der Waals surface area contributed by atoms with E-state index >= 15 is 0 Å². The first-order chi connectivity index (χ1) is 10.1. The molecule has 0 radical (unpaired) electrons. The van der Waals surface area contributed by atoms with Crippen molar-refractivity contribution in [1.82, 2.24) is 9.80 Å². The third kappa shape index (κ3) is 3.11. The minimum absolute atomic E-state index is 0.0314. The summed E-state index contributed by atoms with van der Waals surface area (Å²) in [6.45, 7) is 2.30. The summed E-state index contributed by atoms with van der Waals surface area (Å²) in [5.41, 5.74) is 0. The largest absolute Gasteiger partial charge is 0.391 e. The van der Waals surface area contributed by atoms with Crippen LogP contribution in [0.3, 0.4) is 0 Å². The molecule has 0 saturated carbocycles. The zero-order valence-corrected chi connectivity index (χ0v) is 12.7. The van der Waals surface area contributed by atoms with E-state index in [0.29, 0.717) is 26.1 Å². The molecule has 2 amide bonds. The van der Waals surface area contributed by atoms with E-state index in [4.69, 9.17) is 0 Å².